The Morgan fingerprint density at radius 3 is 2.42 bits per heavy atom. The highest BCUT2D eigenvalue weighted by Gasteiger charge is 2.26. The van der Waals surface area contributed by atoms with Gasteiger partial charge >= 0.3 is 0 Å². The molecule has 2 aromatic carbocycles. The zero-order chi connectivity index (χ0) is 26.6. The molecule has 0 aliphatic carbocycles. The summed E-state index contributed by atoms with van der Waals surface area (Å²) in [6, 6.07) is 16.1. The zero-order valence-electron chi connectivity index (χ0n) is 22.1. The Morgan fingerprint density at radius 2 is 1.74 bits per heavy atom. The van der Waals surface area contributed by atoms with Crippen molar-refractivity contribution in [1.82, 2.24) is 24.6 Å². The maximum atomic E-state index is 13.6. The first-order chi connectivity index (χ1) is 18.4. The molecule has 4 aromatic rings. The summed E-state index contributed by atoms with van der Waals surface area (Å²) < 4.78 is 15.4. The van der Waals surface area contributed by atoms with E-state index in [-0.39, 0.29) is 17.6 Å². The summed E-state index contributed by atoms with van der Waals surface area (Å²) in [5, 5.41) is 5.67. The first-order valence-electron chi connectivity index (χ1n) is 13.2. The van der Waals surface area contributed by atoms with Crippen molar-refractivity contribution in [1.29, 1.82) is 0 Å². The molecule has 1 saturated heterocycles. The topological polar surface area (TPSA) is 67.2 Å². The SMILES string of the molecule is CCC[C@@H](C)c1nc(N2CCN(C(=O)/C=C/c3ccccc3)CC2)c2c(C)nn(-c3ccc(F)cc3)c2n1. The van der Waals surface area contributed by atoms with E-state index in [1.807, 2.05) is 48.2 Å². The van der Waals surface area contributed by atoms with Gasteiger partial charge in [0.2, 0.25) is 5.91 Å². The molecule has 0 saturated carbocycles. The molecule has 0 spiro atoms. The number of fused-ring (bicyclic) bond motifs is 1. The van der Waals surface area contributed by atoms with Crippen molar-refractivity contribution in [3.63, 3.8) is 0 Å². The summed E-state index contributed by atoms with van der Waals surface area (Å²) >= 11 is 0. The van der Waals surface area contributed by atoms with Crippen LogP contribution in [0.2, 0.25) is 0 Å². The van der Waals surface area contributed by atoms with Crippen LogP contribution in [0.1, 0.15) is 49.7 Å². The van der Waals surface area contributed by atoms with Gasteiger partial charge in [0.05, 0.1) is 16.8 Å². The molecule has 0 bridgehead atoms. The molecule has 1 aliphatic rings. The smallest absolute Gasteiger partial charge is 0.246 e. The Balaban J connectivity index is 1.44. The van der Waals surface area contributed by atoms with E-state index >= 15 is 0 Å². The van der Waals surface area contributed by atoms with Crippen LogP contribution in [-0.2, 0) is 4.79 Å². The van der Waals surface area contributed by atoms with Crippen molar-refractivity contribution in [3.05, 3.63) is 83.6 Å². The summed E-state index contributed by atoms with van der Waals surface area (Å²) in [5.74, 6) is 1.54. The standard InChI is InChI=1S/C30H33FN6O/c1-4-8-21(2)28-32-29(27-22(3)34-37(30(27)33-28)25-14-12-24(31)13-15-25)36-19-17-35(18-20-36)26(38)16-11-23-9-6-5-7-10-23/h5-7,9-16,21H,4,8,17-20H2,1-3H3/b16-11+/t21-/m1/s1. The largest absolute Gasteiger partial charge is 0.352 e. The zero-order valence-corrected chi connectivity index (χ0v) is 22.1. The fourth-order valence-corrected chi connectivity index (χ4v) is 4.93. The van der Waals surface area contributed by atoms with Gasteiger partial charge in [0, 0.05) is 38.2 Å². The second-order valence-corrected chi connectivity index (χ2v) is 9.82. The number of anilines is 1. The van der Waals surface area contributed by atoms with E-state index in [0.717, 1.165) is 52.5 Å². The lowest BCUT2D eigenvalue weighted by Crippen LogP contribution is -2.48. The number of amides is 1. The van der Waals surface area contributed by atoms with Gasteiger partial charge in [-0.05, 0) is 49.2 Å². The number of hydrogen-bond donors (Lipinski definition) is 0. The molecule has 5 rings (SSSR count). The molecule has 1 aliphatic heterocycles. The van der Waals surface area contributed by atoms with Gasteiger partial charge in [-0.2, -0.15) is 5.10 Å². The fourth-order valence-electron chi connectivity index (χ4n) is 4.93. The summed E-state index contributed by atoms with van der Waals surface area (Å²) in [4.78, 5) is 27.0. The number of piperazine rings is 1. The number of halogens is 1. The van der Waals surface area contributed by atoms with Crippen LogP contribution >= 0.6 is 0 Å². The predicted octanol–water partition coefficient (Wildman–Crippen LogP) is 5.53. The summed E-state index contributed by atoms with van der Waals surface area (Å²) in [5.41, 5.74) is 3.30. The van der Waals surface area contributed by atoms with Gasteiger partial charge in [0.1, 0.15) is 17.5 Å². The molecule has 3 heterocycles. The van der Waals surface area contributed by atoms with Crippen LogP contribution in [0, 0.1) is 12.7 Å². The number of aryl methyl sites for hydroxylation is 1. The molecular formula is C30H33FN6O. The van der Waals surface area contributed by atoms with Crippen LogP contribution in [0.15, 0.2) is 60.7 Å². The van der Waals surface area contributed by atoms with E-state index in [9.17, 15) is 9.18 Å². The van der Waals surface area contributed by atoms with Gasteiger partial charge < -0.3 is 9.80 Å². The monoisotopic (exact) mass is 512 g/mol. The summed E-state index contributed by atoms with van der Waals surface area (Å²) in [6.07, 6.45) is 5.52. The third-order valence-corrected chi connectivity index (χ3v) is 7.04. The van der Waals surface area contributed by atoms with Gasteiger partial charge in [0.15, 0.2) is 5.65 Å². The third-order valence-electron chi connectivity index (χ3n) is 7.04. The Bertz CT molecular complexity index is 1440. The van der Waals surface area contributed by atoms with E-state index in [1.54, 1.807) is 22.9 Å². The van der Waals surface area contributed by atoms with Crippen molar-refractivity contribution in [2.45, 2.75) is 39.5 Å². The first kappa shape index (κ1) is 25.6. The highest BCUT2D eigenvalue weighted by atomic mass is 19.1. The minimum atomic E-state index is -0.291. The Hall–Kier alpha value is -4.07. The van der Waals surface area contributed by atoms with Gasteiger partial charge in [-0.1, -0.05) is 50.6 Å². The minimum absolute atomic E-state index is 0.0129. The van der Waals surface area contributed by atoms with Crippen LogP contribution in [0.25, 0.3) is 22.8 Å². The van der Waals surface area contributed by atoms with Gasteiger partial charge in [-0.15, -0.1) is 0 Å². The van der Waals surface area contributed by atoms with Crippen molar-refractivity contribution in [3.8, 4) is 5.69 Å². The summed E-state index contributed by atoms with van der Waals surface area (Å²) in [6.45, 7) is 8.81. The van der Waals surface area contributed by atoms with Crippen molar-refractivity contribution in [2.75, 3.05) is 31.1 Å². The van der Waals surface area contributed by atoms with E-state index in [2.05, 4.69) is 18.7 Å². The maximum Gasteiger partial charge on any atom is 0.246 e. The number of aromatic nitrogens is 4. The third kappa shape index (κ3) is 5.30. The molecule has 2 aromatic heterocycles. The molecule has 38 heavy (non-hydrogen) atoms. The molecule has 1 fully saturated rings. The van der Waals surface area contributed by atoms with Crippen molar-refractivity contribution >= 4 is 28.8 Å². The molecule has 7 nitrogen and oxygen atoms in total. The van der Waals surface area contributed by atoms with Crippen LogP contribution in [-0.4, -0.2) is 56.7 Å². The lowest BCUT2D eigenvalue weighted by Gasteiger charge is -2.35. The second-order valence-electron chi connectivity index (χ2n) is 9.82. The highest BCUT2D eigenvalue weighted by Crippen LogP contribution is 2.32. The van der Waals surface area contributed by atoms with Crippen molar-refractivity contribution in [2.24, 2.45) is 0 Å². The lowest BCUT2D eigenvalue weighted by atomic mass is 10.1. The number of rotatable bonds is 7. The van der Waals surface area contributed by atoms with Crippen LogP contribution < -0.4 is 4.90 Å². The number of carbonyl (C=O) groups excluding carboxylic acids is 1. The van der Waals surface area contributed by atoms with Crippen molar-refractivity contribution < 1.29 is 9.18 Å². The van der Waals surface area contributed by atoms with Crippen LogP contribution in [0.4, 0.5) is 10.2 Å². The first-order valence-corrected chi connectivity index (χ1v) is 13.2. The van der Waals surface area contributed by atoms with E-state index in [4.69, 9.17) is 15.1 Å². The highest BCUT2D eigenvalue weighted by molar-refractivity contribution is 5.93. The molecule has 8 heteroatoms. The summed E-state index contributed by atoms with van der Waals surface area (Å²) in [7, 11) is 0. The minimum Gasteiger partial charge on any atom is -0.352 e. The van der Waals surface area contributed by atoms with Gasteiger partial charge in [0.25, 0.3) is 0 Å². The molecular weight excluding hydrogens is 479 g/mol. The average Bonchev–Trinajstić information content (AvgIpc) is 3.28. The van der Waals surface area contributed by atoms with E-state index < -0.39 is 0 Å². The van der Waals surface area contributed by atoms with Crippen LogP contribution in [0.3, 0.4) is 0 Å². The van der Waals surface area contributed by atoms with Gasteiger partial charge in [-0.3, -0.25) is 4.79 Å². The number of hydrogen-bond acceptors (Lipinski definition) is 5. The maximum absolute atomic E-state index is 13.6. The van der Waals surface area contributed by atoms with Gasteiger partial charge in [-0.25, -0.2) is 19.0 Å². The van der Waals surface area contributed by atoms with E-state index in [1.165, 1.54) is 12.1 Å². The predicted molar refractivity (Wildman–Crippen MR) is 149 cm³/mol. The number of nitrogens with zero attached hydrogens (tertiary/aromatic N) is 6. The van der Waals surface area contributed by atoms with Crippen LogP contribution in [0.5, 0.6) is 0 Å². The molecule has 196 valence electrons. The van der Waals surface area contributed by atoms with E-state index in [0.29, 0.717) is 26.2 Å². The average molecular weight is 513 g/mol. The Morgan fingerprint density at radius 1 is 1.03 bits per heavy atom. The molecule has 1 atom stereocenters. The number of benzene rings is 2. The Labute approximate surface area is 222 Å². The molecule has 0 unspecified atom stereocenters. The molecule has 0 N–H and O–H groups in total. The second kappa shape index (κ2) is 11.1. The fraction of sp³-hybridized carbons (Fsp3) is 0.333. The Kier molecular flexibility index (Phi) is 7.49. The molecule has 0 radical (unpaired) electrons. The molecule has 1 amide bonds. The lowest BCUT2D eigenvalue weighted by molar-refractivity contribution is -0.126. The number of carbonyl (C=O) groups is 1. The quantitative estimate of drug-likeness (QED) is 0.305. The normalized spacial score (nSPS) is 14.9.